The van der Waals surface area contributed by atoms with Gasteiger partial charge in [0.2, 0.25) is 0 Å². The molecular formula is C13H18N2O. The molecule has 0 aliphatic carbocycles. The van der Waals surface area contributed by atoms with Crippen LogP contribution in [-0.4, -0.2) is 18.2 Å². The van der Waals surface area contributed by atoms with E-state index in [4.69, 9.17) is 5.26 Å². The summed E-state index contributed by atoms with van der Waals surface area (Å²) in [6, 6.07) is 7.64. The van der Waals surface area contributed by atoms with Gasteiger partial charge in [0, 0.05) is 30.4 Å². The highest BCUT2D eigenvalue weighted by Crippen LogP contribution is 2.29. The lowest BCUT2D eigenvalue weighted by Crippen LogP contribution is -2.21. The topological polar surface area (TPSA) is 47.3 Å². The normalized spacial score (nSPS) is 11.9. The molecule has 0 amide bonds. The summed E-state index contributed by atoms with van der Waals surface area (Å²) in [5.74, 6) is -0.0656. The number of aromatic hydroxyl groups is 1. The van der Waals surface area contributed by atoms with Gasteiger partial charge in [0.15, 0.2) is 0 Å². The zero-order valence-electron chi connectivity index (χ0n) is 10.1. The summed E-state index contributed by atoms with van der Waals surface area (Å²) in [7, 11) is 0. The average Bonchev–Trinajstić information content (AvgIpc) is 2.30. The molecule has 3 nitrogen and oxygen atoms in total. The third-order valence-corrected chi connectivity index (χ3v) is 2.80. The molecule has 0 saturated heterocycles. The van der Waals surface area contributed by atoms with E-state index < -0.39 is 0 Å². The zero-order valence-corrected chi connectivity index (χ0v) is 10.1. The van der Waals surface area contributed by atoms with E-state index >= 15 is 0 Å². The molecule has 1 aromatic rings. The molecule has 0 saturated carbocycles. The van der Waals surface area contributed by atoms with Crippen LogP contribution in [0.2, 0.25) is 0 Å². The van der Waals surface area contributed by atoms with Crippen LogP contribution >= 0.6 is 0 Å². The Morgan fingerprint density at radius 1 is 1.38 bits per heavy atom. The third kappa shape index (κ3) is 2.46. The predicted octanol–water partition coefficient (Wildman–Crippen LogP) is 2.87. The Balaban J connectivity index is 3.04. The van der Waals surface area contributed by atoms with Crippen molar-refractivity contribution in [1.82, 2.24) is 0 Å². The van der Waals surface area contributed by atoms with E-state index in [1.807, 2.05) is 12.1 Å². The largest absolute Gasteiger partial charge is 0.508 e. The Labute approximate surface area is 96.9 Å². The summed E-state index contributed by atoms with van der Waals surface area (Å²) in [6.45, 7) is 7.75. The lowest BCUT2D eigenvalue weighted by molar-refractivity contribution is 0.467. The zero-order chi connectivity index (χ0) is 12.1. The van der Waals surface area contributed by atoms with Gasteiger partial charge in [-0.1, -0.05) is 6.07 Å². The molecule has 1 atom stereocenters. The SMILES string of the molecule is CCN(CC)c1ccc(C(C)C#N)c(O)c1. The predicted molar refractivity (Wildman–Crippen MR) is 65.7 cm³/mol. The van der Waals surface area contributed by atoms with Crippen molar-refractivity contribution < 1.29 is 5.11 Å². The van der Waals surface area contributed by atoms with Crippen LogP contribution in [0.15, 0.2) is 18.2 Å². The molecule has 0 spiro atoms. The summed E-state index contributed by atoms with van der Waals surface area (Å²) in [5, 5.41) is 18.7. The highest BCUT2D eigenvalue weighted by Gasteiger charge is 2.11. The lowest BCUT2D eigenvalue weighted by Gasteiger charge is -2.21. The van der Waals surface area contributed by atoms with Crippen LogP contribution in [0.3, 0.4) is 0 Å². The number of rotatable bonds is 4. The van der Waals surface area contributed by atoms with Crippen molar-refractivity contribution in [3.63, 3.8) is 0 Å². The van der Waals surface area contributed by atoms with Gasteiger partial charge in [-0.3, -0.25) is 0 Å². The first-order valence-corrected chi connectivity index (χ1v) is 5.61. The van der Waals surface area contributed by atoms with Crippen LogP contribution in [0.4, 0.5) is 5.69 Å². The van der Waals surface area contributed by atoms with E-state index in [-0.39, 0.29) is 11.7 Å². The van der Waals surface area contributed by atoms with E-state index in [1.165, 1.54) is 0 Å². The second-order valence-corrected chi connectivity index (χ2v) is 3.77. The quantitative estimate of drug-likeness (QED) is 0.845. The fraction of sp³-hybridized carbons (Fsp3) is 0.462. The molecule has 86 valence electrons. The van der Waals surface area contributed by atoms with Crippen LogP contribution in [0, 0.1) is 11.3 Å². The number of hydrogen-bond acceptors (Lipinski definition) is 3. The van der Waals surface area contributed by atoms with Crippen LogP contribution in [0.5, 0.6) is 5.75 Å². The standard InChI is InChI=1S/C13H18N2O/c1-4-15(5-2)11-6-7-12(10(3)9-14)13(16)8-11/h6-8,10,16H,4-5H2,1-3H3. The molecule has 0 heterocycles. The van der Waals surface area contributed by atoms with Gasteiger partial charge in [-0.25, -0.2) is 0 Å². The fourth-order valence-corrected chi connectivity index (χ4v) is 1.75. The number of anilines is 1. The first-order chi connectivity index (χ1) is 7.63. The maximum absolute atomic E-state index is 9.86. The Kier molecular flexibility index (Phi) is 4.19. The molecular weight excluding hydrogens is 200 g/mol. The Hall–Kier alpha value is -1.69. The van der Waals surface area contributed by atoms with Crippen molar-refractivity contribution in [3.8, 4) is 11.8 Å². The monoisotopic (exact) mass is 218 g/mol. The van der Waals surface area contributed by atoms with Crippen molar-refractivity contribution in [2.24, 2.45) is 0 Å². The Morgan fingerprint density at radius 2 is 2.00 bits per heavy atom. The molecule has 0 aromatic heterocycles. The molecule has 1 rings (SSSR count). The van der Waals surface area contributed by atoms with Crippen molar-refractivity contribution >= 4 is 5.69 Å². The van der Waals surface area contributed by atoms with Gasteiger partial charge in [0.1, 0.15) is 5.75 Å². The minimum atomic E-state index is -0.272. The summed E-state index contributed by atoms with van der Waals surface area (Å²) >= 11 is 0. The maximum atomic E-state index is 9.86. The van der Waals surface area contributed by atoms with Crippen molar-refractivity contribution in [2.75, 3.05) is 18.0 Å². The summed E-state index contributed by atoms with van der Waals surface area (Å²) < 4.78 is 0. The number of benzene rings is 1. The molecule has 1 aromatic carbocycles. The number of nitriles is 1. The van der Waals surface area contributed by atoms with Crippen LogP contribution in [0.25, 0.3) is 0 Å². The molecule has 0 aliphatic heterocycles. The highest BCUT2D eigenvalue weighted by molar-refractivity contribution is 5.54. The Morgan fingerprint density at radius 3 is 2.44 bits per heavy atom. The minimum Gasteiger partial charge on any atom is -0.508 e. The fourth-order valence-electron chi connectivity index (χ4n) is 1.75. The van der Waals surface area contributed by atoms with Gasteiger partial charge in [-0.2, -0.15) is 5.26 Å². The summed E-state index contributed by atoms with van der Waals surface area (Å²) in [5.41, 5.74) is 1.69. The molecule has 0 bridgehead atoms. The first kappa shape index (κ1) is 12.4. The van der Waals surface area contributed by atoms with Crippen molar-refractivity contribution in [1.29, 1.82) is 5.26 Å². The summed E-state index contributed by atoms with van der Waals surface area (Å²) in [6.07, 6.45) is 0. The van der Waals surface area contributed by atoms with Gasteiger partial charge < -0.3 is 10.0 Å². The van der Waals surface area contributed by atoms with Gasteiger partial charge in [-0.15, -0.1) is 0 Å². The van der Waals surface area contributed by atoms with Crippen LogP contribution in [-0.2, 0) is 0 Å². The van der Waals surface area contributed by atoms with Gasteiger partial charge in [-0.05, 0) is 26.8 Å². The summed E-state index contributed by atoms with van der Waals surface area (Å²) in [4.78, 5) is 2.15. The molecule has 1 N–H and O–H groups in total. The second-order valence-electron chi connectivity index (χ2n) is 3.77. The molecule has 16 heavy (non-hydrogen) atoms. The minimum absolute atomic E-state index is 0.207. The molecule has 0 aliphatic rings. The molecule has 1 unspecified atom stereocenters. The average molecular weight is 218 g/mol. The highest BCUT2D eigenvalue weighted by atomic mass is 16.3. The third-order valence-electron chi connectivity index (χ3n) is 2.80. The van der Waals surface area contributed by atoms with E-state index in [0.717, 1.165) is 18.8 Å². The number of phenolic OH excluding ortho intramolecular Hbond substituents is 1. The van der Waals surface area contributed by atoms with Crippen molar-refractivity contribution in [3.05, 3.63) is 23.8 Å². The molecule has 0 radical (unpaired) electrons. The number of nitrogens with zero attached hydrogens (tertiary/aromatic N) is 2. The van der Waals surface area contributed by atoms with E-state index in [0.29, 0.717) is 5.56 Å². The maximum Gasteiger partial charge on any atom is 0.122 e. The van der Waals surface area contributed by atoms with E-state index in [1.54, 1.807) is 13.0 Å². The second kappa shape index (κ2) is 5.41. The van der Waals surface area contributed by atoms with E-state index in [9.17, 15) is 5.11 Å². The lowest BCUT2D eigenvalue weighted by atomic mass is 10.0. The Bertz CT molecular complexity index is 391. The van der Waals surface area contributed by atoms with Gasteiger partial charge >= 0.3 is 0 Å². The number of phenols is 1. The molecule has 3 heteroatoms. The van der Waals surface area contributed by atoms with E-state index in [2.05, 4.69) is 24.8 Å². The van der Waals surface area contributed by atoms with Crippen LogP contribution < -0.4 is 4.90 Å². The smallest absolute Gasteiger partial charge is 0.122 e. The van der Waals surface area contributed by atoms with Crippen molar-refractivity contribution in [2.45, 2.75) is 26.7 Å². The molecule has 0 fully saturated rings. The van der Waals surface area contributed by atoms with Gasteiger partial charge in [0.25, 0.3) is 0 Å². The number of hydrogen-bond donors (Lipinski definition) is 1. The van der Waals surface area contributed by atoms with Gasteiger partial charge in [0.05, 0.1) is 12.0 Å². The first-order valence-electron chi connectivity index (χ1n) is 5.61. The van der Waals surface area contributed by atoms with Crippen LogP contribution in [0.1, 0.15) is 32.3 Å².